The molecule has 2 aromatic rings. The van der Waals surface area contributed by atoms with E-state index >= 15 is 0 Å². The van der Waals surface area contributed by atoms with E-state index < -0.39 is 0 Å². The van der Waals surface area contributed by atoms with E-state index in [1.54, 1.807) is 42.5 Å². The molecule has 0 aliphatic carbocycles. The molecule has 4 rings (SSSR count). The molecule has 156 valence electrons. The zero-order valence-electron chi connectivity index (χ0n) is 16.8. The van der Waals surface area contributed by atoms with Gasteiger partial charge in [-0.15, -0.1) is 0 Å². The highest BCUT2D eigenvalue weighted by atomic mass is 16.5. The van der Waals surface area contributed by atoms with Crippen molar-refractivity contribution < 1.29 is 23.9 Å². The van der Waals surface area contributed by atoms with Crippen LogP contribution in [0.2, 0.25) is 0 Å². The maximum Gasteiger partial charge on any atom is 0.261 e. The summed E-state index contributed by atoms with van der Waals surface area (Å²) < 4.78 is 11.1. The molecule has 1 fully saturated rings. The van der Waals surface area contributed by atoms with Crippen LogP contribution in [0, 0.1) is 0 Å². The number of nitrogens with zero attached hydrogens (tertiary/aromatic N) is 1. The maximum absolute atomic E-state index is 12.9. The Bertz CT molecular complexity index is 946. The molecule has 1 atom stereocenters. The van der Waals surface area contributed by atoms with Gasteiger partial charge in [0.05, 0.1) is 42.5 Å². The van der Waals surface area contributed by atoms with Crippen LogP contribution in [0.25, 0.3) is 0 Å². The molecule has 7 heteroatoms. The number of carbonyl (C=O) groups is 3. The van der Waals surface area contributed by atoms with Gasteiger partial charge in [0.1, 0.15) is 5.75 Å². The van der Waals surface area contributed by atoms with Gasteiger partial charge in [0.2, 0.25) is 0 Å². The third-order valence-corrected chi connectivity index (χ3v) is 5.30. The Morgan fingerprint density at radius 1 is 1.17 bits per heavy atom. The standard InChI is InChI=1S/C23H24N2O5/c1-2-30-20-10-9-15(12-19(20)21(26)24-16-6-5-11-29-14-16)13-25-22(27)17-7-3-4-8-18(17)23(25)28/h3-4,7-10,12,16H,2,5-6,11,13-14H2,1H3,(H,24,26). The number of rotatable bonds is 6. The molecule has 0 aromatic heterocycles. The van der Waals surface area contributed by atoms with Crippen LogP contribution in [-0.2, 0) is 11.3 Å². The van der Waals surface area contributed by atoms with Crippen molar-refractivity contribution in [2.75, 3.05) is 19.8 Å². The van der Waals surface area contributed by atoms with Crippen molar-refractivity contribution in [2.24, 2.45) is 0 Å². The number of nitrogens with one attached hydrogen (secondary N) is 1. The fraction of sp³-hybridized carbons (Fsp3) is 0.348. The Labute approximate surface area is 175 Å². The van der Waals surface area contributed by atoms with E-state index in [1.165, 1.54) is 4.90 Å². The summed E-state index contributed by atoms with van der Waals surface area (Å²) in [4.78, 5) is 39.4. The van der Waals surface area contributed by atoms with Gasteiger partial charge in [0.25, 0.3) is 17.7 Å². The first kappa shape index (κ1) is 20.1. The first-order valence-electron chi connectivity index (χ1n) is 10.2. The van der Waals surface area contributed by atoms with Crippen molar-refractivity contribution in [2.45, 2.75) is 32.4 Å². The number of fused-ring (bicyclic) bond motifs is 1. The van der Waals surface area contributed by atoms with Crippen molar-refractivity contribution in [3.05, 3.63) is 64.7 Å². The van der Waals surface area contributed by atoms with Gasteiger partial charge in [-0.2, -0.15) is 0 Å². The van der Waals surface area contributed by atoms with Crippen LogP contribution in [0.5, 0.6) is 5.75 Å². The summed E-state index contributed by atoms with van der Waals surface area (Å²) in [7, 11) is 0. The van der Waals surface area contributed by atoms with E-state index in [1.807, 2.05) is 6.92 Å². The van der Waals surface area contributed by atoms with E-state index in [0.29, 0.717) is 47.8 Å². The SMILES string of the molecule is CCOc1ccc(CN2C(=O)c3ccccc3C2=O)cc1C(=O)NC1CCCOC1. The molecule has 2 aliphatic rings. The van der Waals surface area contributed by atoms with E-state index in [-0.39, 0.29) is 30.3 Å². The summed E-state index contributed by atoms with van der Waals surface area (Å²) in [5.41, 5.74) is 1.88. The van der Waals surface area contributed by atoms with Gasteiger partial charge in [-0.05, 0) is 49.6 Å². The molecular formula is C23H24N2O5. The van der Waals surface area contributed by atoms with Gasteiger partial charge in [0, 0.05) is 6.61 Å². The second-order valence-electron chi connectivity index (χ2n) is 7.39. The van der Waals surface area contributed by atoms with E-state index in [9.17, 15) is 14.4 Å². The largest absolute Gasteiger partial charge is 0.493 e. The lowest BCUT2D eigenvalue weighted by Crippen LogP contribution is -2.40. The minimum atomic E-state index is -0.324. The Morgan fingerprint density at radius 3 is 2.53 bits per heavy atom. The molecule has 0 saturated carbocycles. The van der Waals surface area contributed by atoms with Gasteiger partial charge in [-0.25, -0.2) is 0 Å². The summed E-state index contributed by atoms with van der Waals surface area (Å²) in [6.45, 7) is 3.57. The molecule has 0 radical (unpaired) electrons. The average molecular weight is 408 g/mol. The highest BCUT2D eigenvalue weighted by Crippen LogP contribution is 2.26. The lowest BCUT2D eigenvalue weighted by atomic mass is 10.1. The van der Waals surface area contributed by atoms with E-state index in [0.717, 1.165) is 12.8 Å². The number of hydrogen-bond donors (Lipinski definition) is 1. The molecule has 30 heavy (non-hydrogen) atoms. The quantitative estimate of drug-likeness (QED) is 0.743. The summed E-state index contributed by atoms with van der Waals surface area (Å²) in [6.07, 6.45) is 1.77. The van der Waals surface area contributed by atoms with E-state index in [4.69, 9.17) is 9.47 Å². The van der Waals surface area contributed by atoms with Crippen molar-refractivity contribution in [1.82, 2.24) is 10.2 Å². The summed E-state index contributed by atoms with van der Waals surface area (Å²) in [5, 5.41) is 3.00. The molecule has 1 unspecified atom stereocenters. The minimum absolute atomic E-state index is 0.0411. The lowest BCUT2D eigenvalue weighted by molar-refractivity contribution is 0.0622. The molecule has 1 N–H and O–H groups in total. The average Bonchev–Trinajstić information content (AvgIpc) is 3.00. The first-order chi connectivity index (χ1) is 14.6. The second-order valence-corrected chi connectivity index (χ2v) is 7.39. The van der Waals surface area contributed by atoms with Crippen LogP contribution in [0.4, 0.5) is 0 Å². The van der Waals surface area contributed by atoms with Gasteiger partial charge in [-0.1, -0.05) is 18.2 Å². The first-order valence-corrected chi connectivity index (χ1v) is 10.2. The highest BCUT2D eigenvalue weighted by molar-refractivity contribution is 6.21. The molecule has 2 heterocycles. The molecule has 3 amide bonds. The number of hydrogen-bond acceptors (Lipinski definition) is 5. The van der Waals surface area contributed by atoms with Crippen molar-refractivity contribution in [1.29, 1.82) is 0 Å². The number of carbonyl (C=O) groups excluding carboxylic acids is 3. The molecule has 0 spiro atoms. The van der Waals surface area contributed by atoms with E-state index in [2.05, 4.69) is 5.32 Å². The van der Waals surface area contributed by atoms with Gasteiger partial charge in [-0.3, -0.25) is 19.3 Å². The van der Waals surface area contributed by atoms with Gasteiger partial charge >= 0.3 is 0 Å². The van der Waals surface area contributed by atoms with Crippen LogP contribution in [0.1, 0.15) is 56.4 Å². The van der Waals surface area contributed by atoms with Crippen LogP contribution in [-0.4, -0.2) is 48.5 Å². The maximum atomic E-state index is 12.9. The summed E-state index contributed by atoms with van der Waals surface area (Å²) >= 11 is 0. The fourth-order valence-electron chi connectivity index (χ4n) is 3.82. The van der Waals surface area contributed by atoms with Crippen LogP contribution in [0.3, 0.4) is 0 Å². The zero-order valence-corrected chi connectivity index (χ0v) is 16.8. The summed E-state index contributed by atoms with van der Waals surface area (Å²) in [5.74, 6) is -0.430. The van der Waals surface area contributed by atoms with Crippen LogP contribution >= 0.6 is 0 Å². The number of imide groups is 1. The Kier molecular flexibility index (Phi) is 5.81. The van der Waals surface area contributed by atoms with Crippen LogP contribution in [0.15, 0.2) is 42.5 Å². The monoisotopic (exact) mass is 408 g/mol. The predicted octanol–water partition coefficient (Wildman–Crippen LogP) is 2.79. The van der Waals surface area contributed by atoms with Crippen molar-refractivity contribution in [3.63, 3.8) is 0 Å². The number of amides is 3. The molecule has 2 aliphatic heterocycles. The van der Waals surface area contributed by atoms with Crippen molar-refractivity contribution in [3.8, 4) is 5.75 Å². The lowest BCUT2D eigenvalue weighted by Gasteiger charge is -2.24. The van der Waals surface area contributed by atoms with Gasteiger partial charge in [0.15, 0.2) is 0 Å². The minimum Gasteiger partial charge on any atom is -0.493 e. The molecule has 2 aromatic carbocycles. The Morgan fingerprint density at radius 2 is 1.90 bits per heavy atom. The highest BCUT2D eigenvalue weighted by Gasteiger charge is 2.35. The second kappa shape index (κ2) is 8.67. The normalized spacial score (nSPS) is 18.3. The zero-order chi connectivity index (χ0) is 21.1. The fourth-order valence-corrected chi connectivity index (χ4v) is 3.82. The molecule has 1 saturated heterocycles. The summed E-state index contributed by atoms with van der Waals surface area (Å²) in [6, 6.07) is 11.9. The van der Waals surface area contributed by atoms with Gasteiger partial charge < -0.3 is 14.8 Å². The number of benzene rings is 2. The number of ether oxygens (including phenoxy) is 2. The van der Waals surface area contributed by atoms with Crippen LogP contribution < -0.4 is 10.1 Å². The van der Waals surface area contributed by atoms with Crippen molar-refractivity contribution >= 4 is 17.7 Å². The smallest absolute Gasteiger partial charge is 0.261 e. The topological polar surface area (TPSA) is 84.9 Å². The Balaban J connectivity index is 1.56. The third kappa shape index (κ3) is 3.93. The molecular weight excluding hydrogens is 384 g/mol. The molecule has 7 nitrogen and oxygen atoms in total. The predicted molar refractivity (Wildman–Crippen MR) is 110 cm³/mol. The third-order valence-electron chi connectivity index (χ3n) is 5.30. The molecule has 0 bridgehead atoms. The Hall–Kier alpha value is -3.19.